The van der Waals surface area contributed by atoms with E-state index in [-0.39, 0.29) is 17.0 Å². The lowest BCUT2D eigenvalue weighted by atomic mass is 9.61. The molecule has 2 aliphatic rings. The van der Waals surface area contributed by atoms with Gasteiger partial charge >= 0.3 is 0 Å². The van der Waals surface area contributed by atoms with Crippen LogP contribution in [0.25, 0.3) is 5.70 Å². The van der Waals surface area contributed by atoms with E-state index in [2.05, 4.69) is 26.1 Å². The van der Waals surface area contributed by atoms with Crippen LogP contribution in [0, 0.1) is 23.1 Å². The van der Waals surface area contributed by atoms with Crippen molar-refractivity contribution in [2.45, 2.75) is 78.9 Å². The summed E-state index contributed by atoms with van der Waals surface area (Å²) in [6.45, 7) is 10.5. The van der Waals surface area contributed by atoms with Crippen LogP contribution in [-0.2, 0) is 4.79 Å². The molecule has 1 aliphatic carbocycles. The van der Waals surface area contributed by atoms with Gasteiger partial charge in [-0.15, -0.1) is 0 Å². The summed E-state index contributed by atoms with van der Waals surface area (Å²) in [5.74, 6) is 1.60. The lowest BCUT2D eigenvalue weighted by Crippen LogP contribution is -2.47. The smallest absolute Gasteiger partial charge is 0.175 e. The monoisotopic (exact) mass is 387 g/mol. The standard InChI is InChI=1S/C24H34FNO2/c1-6-10-24(14-16(3)11-17(7-2)15-24)22(27)13-20-19-12-18(25)8-9-21(19)28-23(4,5)26-20/h8-9,12-13,16-17,26H,6-7,10-11,14-15H2,1-5H3/b20-13-. The number of allylic oxidation sites excluding steroid dienone is 1. The summed E-state index contributed by atoms with van der Waals surface area (Å²) >= 11 is 0. The van der Waals surface area contributed by atoms with Crippen molar-refractivity contribution in [2.24, 2.45) is 17.3 Å². The van der Waals surface area contributed by atoms with Gasteiger partial charge in [-0.25, -0.2) is 4.39 Å². The summed E-state index contributed by atoms with van der Waals surface area (Å²) in [5.41, 5.74) is 0.325. The molecule has 4 heteroatoms. The van der Waals surface area contributed by atoms with Crippen molar-refractivity contribution in [3.05, 3.63) is 35.7 Å². The minimum Gasteiger partial charge on any atom is -0.468 e. The third-order valence-corrected chi connectivity index (χ3v) is 6.29. The molecule has 3 atom stereocenters. The Morgan fingerprint density at radius 3 is 2.75 bits per heavy atom. The zero-order valence-corrected chi connectivity index (χ0v) is 17.9. The van der Waals surface area contributed by atoms with Crippen molar-refractivity contribution in [1.29, 1.82) is 0 Å². The van der Waals surface area contributed by atoms with E-state index in [0.717, 1.165) is 32.1 Å². The van der Waals surface area contributed by atoms with Gasteiger partial charge in [0.1, 0.15) is 11.6 Å². The summed E-state index contributed by atoms with van der Waals surface area (Å²) in [6.07, 6.45) is 7.85. The second-order valence-corrected chi connectivity index (χ2v) is 9.35. The number of fused-ring (bicyclic) bond motifs is 1. The molecule has 1 aliphatic heterocycles. The fourth-order valence-electron chi connectivity index (χ4n) is 5.25. The van der Waals surface area contributed by atoms with E-state index in [0.29, 0.717) is 28.8 Å². The van der Waals surface area contributed by atoms with Gasteiger partial charge in [-0.3, -0.25) is 4.79 Å². The van der Waals surface area contributed by atoms with Crippen LogP contribution in [0.3, 0.4) is 0 Å². The number of carbonyl (C=O) groups is 1. The highest BCUT2D eigenvalue weighted by molar-refractivity contribution is 6.01. The molecular weight excluding hydrogens is 353 g/mol. The van der Waals surface area contributed by atoms with Gasteiger partial charge in [0, 0.05) is 17.1 Å². The van der Waals surface area contributed by atoms with E-state index in [1.165, 1.54) is 18.6 Å². The molecule has 28 heavy (non-hydrogen) atoms. The lowest BCUT2D eigenvalue weighted by molar-refractivity contribution is -0.128. The molecule has 1 heterocycles. The first kappa shape index (κ1) is 20.9. The summed E-state index contributed by atoms with van der Waals surface area (Å²) in [7, 11) is 0. The van der Waals surface area contributed by atoms with Crippen molar-refractivity contribution >= 4 is 11.5 Å². The molecule has 0 bridgehead atoms. The van der Waals surface area contributed by atoms with Gasteiger partial charge in [0.05, 0.1) is 5.70 Å². The summed E-state index contributed by atoms with van der Waals surface area (Å²) < 4.78 is 19.8. The average molecular weight is 388 g/mol. The Hall–Kier alpha value is -1.84. The minimum absolute atomic E-state index is 0.176. The molecule has 3 rings (SSSR count). The van der Waals surface area contributed by atoms with Gasteiger partial charge in [-0.05, 0) is 69.6 Å². The summed E-state index contributed by atoms with van der Waals surface area (Å²) in [6, 6.07) is 4.48. The molecule has 0 aromatic heterocycles. The fourth-order valence-corrected chi connectivity index (χ4v) is 5.25. The predicted molar refractivity (Wildman–Crippen MR) is 111 cm³/mol. The Labute approximate surface area is 168 Å². The molecule has 0 saturated heterocycles. The number of ketones is 1. The number of rotatable bonds is 5. The van der Waals surface area contributed by atoms with Gasteiger partial charge < -0.3 is 10.1 Å². The van der Waals surface area contributed by atoms with Crippen LogP contribution in [0.2, 0.25) is 0 Å². The highest BCUT2D eigenvalue weighted by Crippen LogP contribution is 2.48. The quantitative estimate of drug-likeness (QED) is 0.622. The molecule has 1 aromatic carbocycles. The maximum atomic E-state index is 13.9. The molecule has 0 spiro atoms. The zero-order chi connectivity index (χ0) is 20.5. The molecule has 3 nitrogen and oxygen atoms in total. The maximum absolute atomic E-state index is 13.9. The number of hydrogen-bond acceptors (Lipinski definition) is 3. The molecule has 1 aromatic rings. The molecule has 1 fully saturated rings. The number of ether oxygens (including phenoxy) is 1. The van der Waals surface area contributed by atoms with Crippen molar-refractivity contribution < 1.29 is 13.9 Å². The molecule has 3 unspecified atom stereocenters. The molecule has 1 N–H and O–H groups in total. The number of benzene rings is 1. The van der Waals surface area contributed by atoms with Gasteiger partial charge in [-0.1, -0.05) is 33.6 Å². The average Bonchev–Trinajstić information content (AvgIpc) is 2.61. The van der Waals surface area contributed by atoms with Crippen LogP contribution in [0.1, 0.15) is 78.7 Å². The van der Waals surface area contributed by atoms with E-state index in [1.54, 1.807) is 12.1 Å². The number of hydrogen-bond donors (Lipinski definition) is 1. The highest BCUT2D eigenvalue weighted by Gasteiger charge is 2.43. The van der Waals surface area contributed by atoms with Crippen LogP contribution >= 0.6 is 0 Å². The molecule has 0 amide bonds. The minimum atomic E-state index is -0.652. The van der Waals surface area contributed by atoms with Crippen molar-refractivity contribution in [2.75, 3.05) is 0 Å². The van der Waals surface area contributed by atoms with E-state index in [9.17, 15) is 9.18 Å². The van der Waals surface area contributed by atoms with Crippen molar-refractivity contribution in [3.63, 3.8) is 0 Å². The molecule has 1 saturated carbocycles. The van der Waals surface area contributed by atoms with Gasteiger partial charge in [-0.2, -0.15) is 0 Å². The van der Waals surface area contributed by atoms with Crippen LogP contribution in [0.4, 0.5) is 4.39 Å². The zero-order valence-electron chi connectivity index (χ0n) is 17.9. The van der Waals surface area contributed by atoms with Crippen LogP contribution in [0.15, 0.2) is 24.3 Å². The number of nitrogens with one attached hydrogen (secondary N) is 1. The van der Waals surface area contributed by atoms with E-state index >= 15 is 0 Å². The highest BCUT2D eigenvalue weighted by atomic mass is 19.1. The normalized spacial score (nSPS) is 30.3. The van der Waals surface area contributed by atoms with Crippen molar-refractivity contribution in [3.8, 4) is 5.75 Å². The first-order chi connectivity index (χ1) is 13.2. The second kappa shape index (κ2) is 7.88. The Morgan fingerprint density at radius 1 is 1.32 bits per heavy atom. The number of carbonyl (C=O) groups excluding carboxylic acids is 1. The third kappa shape index (κ3) is 4.26. The van der Waals surface area contributed by atoms with Gasteiger partial charge in [0.25, 0.3) is 0 Å². The SMILES string of the molecule is CCCC1(C(=O)/C=C2\NC(C)(C)Oc3ccc(F)cc32)CC(C)CC(CC)C1. The molecular formula is C24H34FNO2. The number of halogens is 1. The van der Waals surface area contributed by atoms with E-state index < -0.39 is 5.72 Å². The van der Waals surface area contributed by atoms with Gasteiger partial charge in [0.2, 0.25) is 0 Å². The first-order valence-electron chi connectivity index (χ1n) is 10.7. The second-order valence-electron chi connectivity index (χ2n) is 9.35. The van der Waals surface area contributed by atoms with E-state index in [1.807, 2.05) is 13.8 Å². The Bertz CT molecular complexity index is 770. The molecule has 0 radical (unpaired) electrons. The van der Waals surface area contributed by atoms with Crippen LogP contribution in [-0.4, -0.2) is 11.5 Å². The fraction of sp³-hybridized carbons (Fsp3) is 0.625. The molecule has 154 valence electrons. The van der Waals surface area contributed by atoms with Gasteiger partial charge in [0.15, 0.2) is 11.5 Å². The third-order valence-electron chi connectivity index (χ3n) is 6.29. The topological polar surface area (TPSA) is 38.3 Å². The maximum Gasteiger partial charge on any atom is 0.175 e. The lowest BCUT2D eigenvalue weighted by Gasteiger charge is -2.43. The Balaban J connectivity index is 2.01. The van der Waals surface area contributed by atoms with Crippen LogP contribution < -0.4 is 10.1 Å². The Morgan fingerprint density at radius 2 is 2.07 bits per heavy atom. The van der Waals surface area contributed by atoms with E-state index in [4.69, 9.17) is 4.74 Å². The summed E-state index contributed by atoms with van der Waals surface area (Å²) in [5, 5.41) is 3.29. The largest absolute Gasteiger partial charge is 0.468 e. The predicted octanol–water partition coefficient (Wildman–Crippen LogP) is 6.09. The first-order valence-corrected chi connectivity index (χ1v) is 10.7. The van der Waals surface area contributed by atoms with Crippen LogP contribution in [0.5, 0.6) is 5.75 Å². The Kier molecular flexibility index (Phi) is 5.88. The summed E-state index contributed by atoms with van der Waals surface area (Å²) in [4.78, 5) is 13.6. The van der Waals surface area contributed by atoms with Crippen molar-refractivity contribution in [1.82, 2.24) is 5.32 Å².